The number of carbonyl (C=O) groups excluding carboxylic acids is 2. The minimum atomic E-state index is -5.83. The summed E-state index contributed by atoms with van der Waals surface area (Å²) in [5, 5.41) is 0. The molecule has 0 aliphatic carbocycles. The molecule has 0 aromatic carbocycles. The first-order valence-corrected chi connectivity index (χ1v) is 5.96. The van der Waals surface area contributed by atoms with Gasteiger partial charge in [-0.25, -0.2) is 4.79 Å². The van der Waals surface area contributed by atoms with Gasteiger partial charge in [-0.1, -0.05) is 13.5 Å². The minimum Gasteiger partial charge on any atom is -0.462 e. The van der Waals surface area contributed by atoms with Crippen LogP contribution in [0.5, 0.6) is 0 Å². The van der Waals surface area contributed by atoms with E-state index in [9.17, 15) is 35.9 Å². The van der Waals surface area contributed by atoms with Gasteiger partial charge in [-0.15, -0.1) is 0 Å². The first kappa shape index (κ1) is 20.3. The SMILES string of the molecule is C=C(C)C(=O)OCCC(=O)OC(CC)(C(F)(F)F)C(F)(F)F. The van der Waals surface area contributed by atoms with Gasteiger partial charge in [0.1, 0.15) is 6.61 Å². The van der Waals surface area contributed by atoms with Gasteiger partial charge in [-0.05, 0) is 6.92 Å². The molecule has 22 heavy (non-hydrogen) atoms. The molecule has 0 atom stereocenters. The van der Waals surface area contributed by atoms with Crippen molar-refractivity contribution in [3.05, 3.63) is 12.2 Å². The Balaban J connectivity index is 4.94. The van der Waals surface area contributed by atoms with E-state index < -0.39 is 49.3 Å². The van der Waals surface area contributed by atoms with Gasteiger partial charge < -0.3 is 9.47 Å². The zero-order valence-electron chi connectivity index (χ0n) is 11.7. The van der Waals surface area contributed by atoms with Gasteiger partial charge in [0.2, 0.25) is 0 Å². The fourth-order valence-corrected chi connectivity index (χ4v) is 1.35. The number of esters is 2. The summed E-state index contributed by atoms with van der Waals surface area (Å²) in [4.78, 5) is 22.2. The number of carbonyl (C=O) groups is 2. The number of ether oxygens (including phenoxy) is 2. The molecule has 0 saturated carbocycles. The summed E-state index contributed by atoms with van der Waals surface area (Å²) in [5.41, 5.74) is -4.63. The van der Waals surface area contributed by atoms with Crippen molar-refractivity contribution in [3.63, 3.8) is 0 Å². The number of hydrogen-bond acceptors (Lipinski definition) is 4. The fourth-order valence-electron chi connectivity index (χ4n) is 1.35. The van der Waals surface area contributed by atoms with Gasteiger partial charge >= 0.3 is 29.9 Å². The Bertz CT molecular complexity index is 424. The summed E-state index contributed by atoms with van der Waals surface area (Å²) in [6.45, 7) is 4.35. The topological polar surface area (TPSA) is 52.6 Å². The van der Waals surface area contributed by atoms with Crippen LogP contribution in [-0.2, 0) is 19.1 Å². The van der Waals surface area contributed by atoms with Crippen LogP contribution in [0, 0.1) is 0 Å². The van der Waals surface area contributed by atoms with E-state index in [1.54, 1.807) is 0 Å². The van der Waals surface area contributed by atoms with Crippen molar-refractivity contribution in [1.29, 1.82) is 0 Å². The maximum Gasteiger partial charge on any atom is 0.437 e. The summed E-state index contributed by atoms with van der Waals surface area (Å²) >= 11 is 0. The molecule has 0 aromatic rings. The Hall–Kier alpha value is -1.74. The lowest BCUT2D eigenvalue weighted by Crippen LogP contribution is -2.59. The van der Waals surface area contributed by atoms with Gasteiger partial charge in [0.15, 0.2) is 0 Å². The maximum absolute atomic E-state index is 12.7. The molecule has 0 aromatic heterocycles. The predicted octanol–water partition coefficient (Wildman–Crippen LogP) is 3.31. The van der Waals surface area contributed by atoms with Gasteiger partial charge in [0, 0.05) is 12.0 Å². The lowest BCUT2D eigenvalue weighted by atomic mass is 9.99. The molecule has 0 saturated heterocycles. The third kappa shape index (κ3) is 4.63. The van der Waals surface area contributed by atoms with Crippen LogP contribution in [0.15, 0.2) is 12.2 Å². The Morgan fingerprint density at radius 2 is 1.50 bits per heavy atom. The second kappa shape index (κ2) is 7.01. The van der Waals surface area contributed by atoms with E-state index >= 15 is 0 Å². The monoisotopic (exact) mass is 336 g/mol. The second-order valence-corrected chi connectivity index (χ2v) is 4.32. The van der Waals surface area contributed by atoms with Crippen molar-refractivity contribution < 1.29 is 45.4 Å². The van der Waals surface area contributed by atoms with E-state index in [-0.39, 0.29) is 5.57 Å². The van der Waals surface area contributed by atoms with Crippen LogP contribution in [0.3, 0.4) is 0 Å². The molecule has 0 unspecified atom stereocenters. The van der Waals surface area contributed by atoms with E-state index in [1.165, 1.54) is 6.92 Å². The third-order valence-electron chi connectivity index (χ3n) is 2.59. The molecule has 0 heterocycles. The first-order valence-electron chi connectivity index (χ1n) is 5.96. The average molecular weight is 336 g/mol. The molecule has 0 radical (unpaired) electrons. The van der Waals surface area contributed by atoms with Gasteiger partial charge in [-0.2, -0.15) is 26.3 Å². The number of hydrogen-bond donors (Lipinski definition) is 0. The largest absolute Gasteiger partial charge is 0.462 e. The maximum atomic E-state index is 12.7. The third-order valence-corrected chi connectivity index (χ3v) is 2.59. The van der Waals surface area contributed by atoms with Crippen LogP contribution >= 0.6 is 0 Å². The molecular formula is C12H14F6O4. The van der Waals surface area contributed by atoms with Crippen molar-refractivity contribution in [1.82, 2.24) is 0 Å². The summed E-state index contributed by atoms with van der Waals surface area (Å²) in [6, 6.07) is 0. The van der Waals surface area contributed by atoms with E-state index in [0.717, 1.165) is 0 Å². The summed E-state index contributed by atoms with van der Waals surface area (Å²) in [6.07, 6.45) is -14.1. The van der Waals surface area contributed by atoms with Crippen molar-refractivity contribution in [2.24, 2.45) is 0 Å². The fraction of sp³-hybridized carbons (Fsp3) is 0.667. The molecule has 0 aliphatic heterocycles. The van der Waals surface area contributed by atoms with E-state index in [2.05, 4.69) is 16.1 Å². The van der Waals surface area contributed by atoms with Crippen molar-refractivity contribution >= 4 is 11.9 Å². The lowest BCUT2D eigenvalue weighted by Gasteiger charge is -2.35. The quantitative estimate of drug-likeness (QED) is 0.424. The van der Waals surface area contributed by atoms with Crippen molar-refractivity contribution in [2.75, 3.05) is 6.61 Å². The molecule has 0 aliphatic rings. The van der Waals surface area contributed by atoms with Crippen LogP contribution in [0.1, 0.15) is 26.7 Å². The predicted molar refractivity (Wildman–Crippen MR) is 61.6 cm³/mol. The smallest absolute Gasteiger partial charge is 0.437 e. The zero-order chi connectivity index (χ0) is 17.8. The highest BCUT2D eigenvalue weighted by atomic mass is 19.4. The normalized spacial score (nSPS) is 12.7. The van der Waals surface area contributed by atoms with Crippen LogP contribution in [0.25, 0.3) is 0 Å². The Kier molecular flexibility index (Phi) is 6.46. The molecule has 128 valence electrons. The van der Waals surface area contributed by atoms with E-state index in [4.69, 9.17) is 0 Å². The molecule has 4 nitrogen and oxygen atoms in total. The Morgan fingerprint density at radius 3 is 1.82 bits per heavy atom. The van der Waals surface area contributed by atoms with Crippen molar-refractivity contribution in [2.45, 2.75) is 44.6 Å². The van der Waals surface area contributed by atoms with Crippen LogP contribution in [0.2, 0.25) is 0 Å². The summed E-state index contributed by atoms with van der Waals surface area (Å²) in [7, 11) is 0. The van der Waals surface area contributed by atoms with Crippen LogP contribution < -0.4 is 0 Å². The lowest BCUT2D eigenvalue weighted by molar-refractivity contribution is -0.370. The number of alkyl halides is 6. The molecule has 0 rings (SSSR count). The number of halogens is 6. The number of rotatable bonds is 6. The zero-order valence-corrected chi connectivity index (χ0v) is 11.7. The minimum absolute atomic E-state index is 0.0399. The van der Waals surface area contributed by atoms with Crippen molar-refractivity contribution in [3.8, 4) is 0 Å². The van der Waals surface area contributed by atoms with Crippen LogP contribution in [0.4, 0.5) is 26.3 Å². The highest BCUT2D eigenvalue weighted by Crippen LogP contribution is 2.48. The van der Waals surface area contributed by atoms with E-state index in [1.807, 2.05) is 0 Å². The molecule has 0 spiro atoms. The van der Waals surface area contributed by atoms with Crippen LogP contribution in [-0.4, -0.2) is 36.5 Å². The Labute approximate surface area is 122 Å². The molecule has 0 bridgehead atoms. The molecule has 10 heteroatoms. The standard InChI is InChI=1S/C12H14F6O4/c1-4-10(11(13,14)15,12(16,17)18)22-8(19)5-6-21-9(20)7(2)3/h2,4-6H2,1,3H3. The summed E-state index contributed by atoms with van der Waals surface area (Å²) < 4.78 is 84.2. The second-order valence-electron chi connectivity index (χ2n) is 4.32. The molecular weight excluding hydrogens is 322 g/mol. The first-order chi connectivity index (χ1) is 9.78. The molecule has 0 amide bonds. The van der Waals surface area contributed by atoms with Gasteiger partial charge in [0.05, 0.1) is 6.42 Å². The highest BCUT2D eigenvalue weighted by molar-refractivity contribution is 5.87. The van der Waals surface area contributed by atoms with Gasteiger partial charge in [0.25, 0.3) is 0 Å². The summed E-state index contributed by atoms with van der Waals surface area (Å²) in [5.74, 6) is -2.72. The Morgan fingerprint density at radius 1 is 1.05 bits per heavy atom. The molecule has 0 N–H and O–H groups in total. The average Bonchev–Trinajstić information content (AvgIpc) is 2.32. The highest BCUT2D eigenvalue weighted by Gasteiger charge is 2.73. The van der Waals surface area contributed by atoms with E-state index in [0.29, 0.717) is 6.92 Å². The molecule has 0 fully saturated rings. The van der Waals surface area contributed by atoms with Gasteiger partial charge in [-0.3, -0.25) is 4.79 Å².